The second-order valence-corrected chi connectivity index (χ2v) is 11.8. The number of hydrogen-bond acceptors (Lipinski definition) is 1. The van der Waals surface area contributed by atoms with Gasteiger partial charge in [0.15, 0.2) is 0 Å². The highest BCUT2D eigenvalue weighted by atomic mass is 15.1. The minimum Gasteiger partial charge on any atom is -0.355 e. The van der Waals surface area contributed by atoms with Gasteiger partial charge >= 0.3 is 0 Å². The Labute approximate surface area is 266 Å². The smallest absolute Gasteiger partial charge is 0.0464 e. The van der Waals surface area contributed by atoms with Crippen LogP contribution >= 0.6 is 0 Å². The summed E-state index contributed by atoms with van der Waals surface area (Å²) in [6.45, 7) is 0. The fraction of sp³-hybridized carbons (Fsp3) is 0. The summed E-state index contributed by atoms with van der Waals surface area (Å²) in [7, 11) is 0. The molecule has 0 amide bonds. The number of H-pyrrole nitrogens is 3. The second kappa shape index (κ2) is 10.7. The lowest BCUT2D eigenvalue weighted by Gasteiger charge is -2.26. The van der Waals surface area contributed by atoms with Crippen LogP contribution < -0.4 is 4.90 Å². The first-order chi connectivity index (χ1) is 22.7. The van der Waals surface area contributed by atoms with Crippen LogP contribution in [0.2, 0.25) is 0 Å². The normalized spacial score (nSPS) is 11.5. The molecule has 4 nitrogen and oxygen atoms in total. The summed E-state index contributed by atoms with van der Waals surface area (Å²) in [6, 6.07) is 58.3. The van der Waals surface area contributed by atoms with E-state index in [0.717, 1.165) is 67.4 Å². The highest BCUT2D eigenvalue weighted by Gasteiger charge is 2.15. The monoisotopic (exact) mass is 590 g/mol. The average Bonchev–Trinajstić information content (AvgIpc) is 3.86. The Bertz CT molecular complexity index is 2080. The standard InChI is InChI=1S/C42H30N4/c1-4-10-37-31(7-1)25-40(43-37)28-13-19-34(20-14-28)46(35-21-15-29(16-22-35)41-26-32-8-2-5-11-38(32)44-41)36-23-17-30(18-24-36)42-27-33-9-3-6-12-39(33)45-42/h1-27,43-45H. The van der Waals surface area contributed by atoms with Crippen LogP contribution in [0.5, 0.6) is 0 Å². The van der Waals surface area contributed by atoms with Gasteiger partial charge in [0.25, 0.3) is 0 Å². The largest absolute Gasteiger partial charge is 0.355 e. The van der Waals surface area contributed by atoms with Gasteiger partial charge in [-0.05, 0) is 89.5 Å². The van der Waals surface area contributed by atoms with E-state index in [4.69, 9.17) is 0 Å². The van der Waals surface area contributed by atoms with E-state index < -0.39 is 0 Å². The maximum atomic E-state index is 3.57. The number of rotatable bonds is 6. The molecule has 3 N–H and O–H groups in total. The molecule has 0 atom stereocenters. The van der Waals surface area contributed by atoms with Crippen LogP contribution in [0.15, 0.2) is 164 Å². The molecule has 9 rings (SSSR count). The first-order valence-electron chi connectivity index (χ1n) is 15.6. The maximum Gasteiger partial charge on any atom is 0.0464 e. The molecule has 3 aromatic heterocycles. The number of para-hydroxylation sites is 3. The van der Waals surface area contributed by atoms with Crippen molar-refractivity contribution in [1.29, 1.82) is 0 Å². The van der Waals surface area contributed by atoms with Crippen molar-refractivity contribution >= 4 is 49.8 Å². The van der Waals surface area contributed by atoms with Gasteiger partial charge in [-0.2, -0.15) is 0 Å². The minimum atomic E-state index is 1.09. The van der Waals surface area contributed by atoms with E-state index in [1.807, 2.05) is 0 Å². The van der Waals surface area contributed by atoms with E-state index in [0.29, 0.717) is 0 Å². The Morgan fingerprint density at radius 3 is 0.870 bits per heavy atom. The molecule has 0 saturated carbocycles. The zero-order chi connectivity index (χ0) is 30.5. The Morgan fingerprint density at radius 2 is 0.587 bits per heavy atom. The second-order valence-electron chi connectivity index (χ2n) is 11.8. The number of benzene rings is 6. The molecule has 0 fully saturated rings. The third-order valence-corrected chi connectivity index (χ3v) is 8.90. The van der Waals surface area contributed by atoms with Crippen molar-refractivity contribution in [3.8, 4) is 33.8 Å². The highest BCUT2D eigenvalue weighted by molar-refractivity contribution is 5.89. The number of anilines is 3. The van der Waals surface area contributed by atoms with E-state index >= 15 is 0 Å². The van der Waals surface area contributed by atoms with E-state index in [1.54, 1.807) is 0 Å². The van der Waals surface area contributed by atoms with Crippen LogP contribution in [0.25, 0.3) is 66.5 Å². The lowest BCUT2D eigenvalue weighted by molar-refractivity contribution is 1.28. The zero-order valence-electron chi connectivity index (χ0n) is 25.0. The van der Waals surface area contributed by atoms with E-state index in [9.17, 15) is 0 Å². The van der Waals surface area contributed by atoms with Crippen molar-refractivity contribution in [3.05, 3.63) is 164 Å². The summed E-state index contributed by atoms with van der Waals surface area (Å²) >= 11 is 0. The van der Waals surface area contributed by atoms with Gasteiger partial charge in [0.2, 0.25) is 0 Å². The van der Waals surface area contributed by atoms with Crippen LogP contribution in [-0.2, 0) is 0 Å². The maximum absolute atomic E-state index is 3.57. The molecule has 9 aromatic rings. The van der Waals surface area contributed by atoms with Crippen LogP contribution in [0.1, 0.15) is 0 Å². The average molecular weight is 591 g/mol. The number of nitrogens with one attached hydrogen (secondary N) is 3. The number of hydrogen-bond donors (Lipinski definition) is 3. The molecule has 3 heterocycles. The summed E-state index contributed by atoms with van der Waals surface area (Å²) in [5.74, 6) is 0. The quantitative estimate of drug-likeness (QED) is 0.177. The fourth-order valence-electron chi connectivity index (χ4n) is 6.50. The number of aromatic nitrogens is 3. The van der Waals surface area contributed by atoms with Gasteiger partial charge in [-0.3, -0.25) is 0 Å². The molecule has 6 aromatic carbocycles. The van der Waals surface area contributed by atoms with Gasteiger partial charge in [0.1, 0.15) is 0 Å². The van der Waals surface area contributed by atoms with Gasteiger partial charge in [-0.1, -0.05) is 91.0 Å². The molecule has 0 spiro atoms. The molecular formula is C42H30N4. The highest BCUT2D eigenvalue weighted by Crippen LogP contribution is 2.38. The van der Waals surface area contributed by atoms with E-state index in [-0.39, 0.29) is 0 Å². The van der Waals surface area contributed by atoms with Crippen molar-refractivity contribution in [3.63, 3.8) is 0 Å². The molecule has 0 radical (unpaired) electrons. The molecule has 0 unspecified atom stereocenters. The third-order valence-electron chi connectivity index (χ3n) is 8.90. The zero-order valence-corrected chi connectivity index (χ0v) is 25.0. The van der Waals surface area contributed by atoms with Gasteiger partial charge in [-0.25, -0.2) is 0 Å². The van der Waals surface area contributed by atoms with Gasteiger partial charge in [-0.15, -0.1) is 0 Å². The summed E-state index contributed by atoms with van der Waals surface area (Å²) in [6.07, 6.45) is 0. The molecule has 0 aliphatic rings. The number of fused-ring (bicyclic) bond motifs is 3. The Kier molecular flexibility index (Phi) is 6.10. The van der Waals surface area contributed by atoms with Gasteiger partial charge in [0.05, 0.1) is 0 Å². The topological polar surface area (TPSA) is 50.6 Å². The summed E-state index contributed by atoms with van der Waals surface area (Å²) in [4.78, 5) is 13.0. The van der Waals surface area contributed by atoms with Crippen molar-refractivity contribution < 1.29 is 0 Å². The predicted molar refractivity (Wildman–Crippen MR) is 193 cm³/mol. The summed E-state index contributed by atoms with van der Waals surface area (Å²) in [5.41, 5.74) is 13.5. The summed E-state index contributed by atoms with van der Waals surface area (Å²) in [5, 5.41) is 3.65. The van der Waals surface area contributed by atoms with Crippen LogP contribution in [0.3, 0.4) is 0 Å². The van der Waals surface area contributed by atoms with E-state index in [1.165, 1.54) is 16.2 Å². The van der Waals surface area contributed by atoms with Crippen LogP contribution in [-0.4, -0.2) is 15.0 Å². The third kappa shape index (κ3) is 4.64. The lowest BCUT2D eigenvalue weighted by Crippen LogP contribution is -2.09. The SMILES string of the molecule is c1ccc2[nH]c(-c3ccc(N(c4ccc(-c5cc6ccccc6[nH]5)cc4)c4ccc(-c5cc6ccccc6[nH]5)cc4)cc3)cc2c1. The molecule has 0 bridgehead atoms. The van der Waals surface area contributed by atoms with Crippen molar-refractivity contribution in [1.82, 2.24) is 15.0 Å². The molecule has 0 saturated heterocycles. The van der Waals surface area contributed by atoms with Gasteiger partial charge < -0.3 is 19.9 Å². The lowest BCUT2D eigenvalue weighted by atomic mass is 10.1. The summed E-state index contributed by atoms with van der Waals surface area (Å²) < 4.78 is 0. The fourth-order valence-corrected chi connectivity index (χ4v) is 6.50. The molecule has 4 heteroatoms. The van der Waals surface area contributed by atoms with E-state index in [2.05, 4.69) is 184 Å². The van der Waals surface area contributed by atoms with Crippen LogP contribution in [0.4, 0.5) is 17.1 Å². The van der Waals surface area contributed by atoms with Crippen molar-refractivity contribution in [2.75, 3.05) is 4.90 Å². The molecule has 0 aliphatic carbocycles. The molecule has 0 aliphatic heterocycles. The van der Waals surface area contributed by atoms with Crippen molar-refractivity contribution in [2.45, 2.75) is 0 Å². The van der Waals surface area contributed by atoms with Crippen molar-refractivity contribution in [2.24, 2.45) is 0 Å². The van der Waals surface area contributed by atoms with Crippen LogP contribution in [0, 0.1) is 0 Å². The first kappa shape index (κ1) is 26.2. The molecule has 218 valence electrons. The Balaban J connectivity index is 1.09. The van der Waals surface area contributed by atoms with Gasteiger partial charge in [0, 0.05) is 66.9 Å². The first-order valence-corrected chi connectivity index (χ1v) is 15.6. The molecular weight excluding hydrogens is 560 g/mol. The minimum absolute atomic E-state index is 1.09. The molecule has 46 heavy (non-hydrogen) atoms. The number of nitrogens with zero attached hydrogens (tertiary/aromatic N) is 1. The Morgan fingerprint density at radius 1 is 0.304 bits per heavy atom. The number of aromatic amines is 3. The Hall–Kier alpha value is -6.26. The predicted octanol–water partition coefficient (Wildman–Crippen LogP) is 11.6.